The molecule has 41 heavy (non-hydrogen) atoms. The molecule has 2 N–H and O–H groups in total. The van der Waals surface area contributed by atoms with E-state index >= 15 is 0 Å². The van der Waals surface area contributed by atoms with Crippen LogP contribution in [0, 0.1) is 0 Å². The number of anilines is 3. The van der Waals surface area contributed by atoms with Gasteiger partial charge in [-0.15, -0.1) is 0 Å². The Morgan fingerprint density at radius 2 is 0.878 bits per heavy atom. The molecule has 0 bridgehead atoms. The van der Waals surface area contributed by atoms with Gasteiger partial charge in [-0.25, -0.2) is 0 Å². The summed E-state index contributed by atoms with van der Waals surface area (Å²) in [4.78, 5) is 24.4. The van der Waals surface area contributed by atoms with Crippen LogP contribution in [0.3, 0.4) is 0 Å². The SMILES string of the molecule is O=C(O)Cc1ccc(N(c2ccc(C=C(c3ccccc3)c3ccccc3)cc2)c2ccc(CC(=O)O)cc2)cc1. The molecule has 0 aliphatic carbocycles. The van der Waals surface area contributed by atoms with Crippen LogP contribution >= 0.6 is 0 Å². The fourth-order valence-corrected chi connectivity index (χ4v) is 4.78. The molecule has 0 fully saturated rings. The van der Waals surface area contributed by atoms with Crippen LogP contribution in [0.5, 0.6) is 0 Å². The van der Waals surface area contributed by atoms with Crippen LogP contribution in [0.1, 0.15) is 27.8 Å². The van der Waals surface area contributed by atoms with E-state index in [1.54, 1.807) is 0 Å². The van der Waals surface area contributed by atoms with Gasteiger partial charge in [0.25, 0.3) is 0 Å². The third kappa shape index (κ3) is 6.97. The summed E-state index contributed by atoms with van der Waals surface area (Å²) in [6, 6.07) is 43.7. The summed E-state index contributed by atoms with van der Waals surface area (Å²) in [7, 11) is 0. The highest BCUT2D eigenvalue weighted by molar-refractivity contribution is 5.91. The van der Waals surface area contributed by atoms with Gasteiger partial charge in [-0.05, 0) is 75.9 Å². The highest BCUT2D eigenvalue weighted by Crippen LogP contribution is 2.35. The van der Waals surface area contributed by atoms with Crippen LogP contribution in [0.25, 0.3) is 11.6 Å². The number of carboxylic acid groups (broad SMARTS) is 2. The Labute approximate surface area is 239 Å². The molecule has 5 nitrogen and oxygen atoms in total. The number of aliphatic carboxylic acids is 2. The van der Waals surface area contributed by atoms with Crippen molar-refractivity contribution in [3.63, 3.8) is 0 Å². The van der Waals surface area contributed by atoms with Crippen molar-refractivity contribution < 1.29 is 19.8 Å². The van der Waals surface area contributed by atoms with Crippen LogP contribution in [0.2, 0.25) is 0 Å². The van der Waals surface area contributed by atoms with Gasteiger partial charge in [-0.3, -0.25) is 9.59 Å². The fraction of sp³-hybridized carbons (Fsp3) is 0.0556. The van der Waals surface area contributed by atoms with Crippen molar-refractivity contribution >= 4 is 40.6 Å². The zero-order chi connectivity index (χ0) is 28.6. The minimum absolute atomic E-state index is 0.0453. The summed E-state index contributed by atoms with van der Waals surface area (Å²) in [5, 5.41) is 18.3. The van der Waals surface area contributed by atoms with E-state index < -0.39 is 11.9 Å². The number of rotatable bonds is 10. The standard InChI is InChI=1S/C36H29NO4/c38-35(39)24-27-13-19-32(20-14-27)37(33-21-15-28(16-22-33)25-36(40)41)31-17-11-26(12-18-31)23-34(29-7-3-1-4-8-29)30-9-5-2-6-10-30/h1-23H,24-25H2,(H,38,39)(H,40,41). The maximum atomic E-state index is 11.2. The van der Waals surface area contributed by atoms with Crippen molar-refractivity contribution in [1.29, 1.82) is 0 Å². The summed E-state index contributed by atoms with van der Waals surface area (Å²) in [6.07, 6.45) is 2.09. The number of carbonyl (C=O) groups is 2. The van der Waals surface area contributed by atoms with Crippen molar-refractivity contribution in [3.05, 3.63) is 161 Å². The number of hydrogen-bond acceptors (Lipinski definition) is 3. The smallest absolute Gasteiger partial charge is 0.307 e. The van der Waals surface area contributed by atoms with Gasteiger partial charge in [-0.1, -0.05) is 97.1 Å². The average molecular weight is 540 g/mol. The van der Waals surface area contributed by atoms with Crippen LogP contribution in [0.4, 0.5) is 17.1 Å². The van der Waals surface area contributed by atoms with Crippen LogP contribution in [0.15, 0.2) is 133 Å². The van der Waals surface area contributed by atoms with Gasteiger partial charge in [0.15, 0.2) is 0 Å². The van der Waals surface area contributed by atoms with Gasteiger partial charge in [-0.2, -0.15) is 0 Å². The molecule has 5 heteroatoms. The summed E-state index contributed by atoms with van der Waals surface area (Å²) in [5.74, 6) is -1.75. The number of nitrogens with zero attached hydrogens (tertiary/aromatic N) is 1. The Kier molecular flexibility index (Phi) is 8.36. The molecule has 202 valence electrons. The molecule has 0 atom stereocenters. The molecule has 0 saturated heterocycles. The molecule has 0 aromatic heterocycles. The molecule has 0 radical (unpaired) electrons. The second-order valence-corrected chi connectivity index (χ2v) is 9.69. The van der Waals surface area contributed by atoms with Crippen molar-refractivity contribution in [2.24, 2.45) is 0 Å². The van der Waals surface area contributed by atoms with Gasteiger partial charge in [0, 0.05) is 17.1 Å². The highest BCUT2D eigenvalue weighted by atomic mass is 16.4. The molecule has 0 spiro atoms. The van der Waals surface area contributed by atoms with Crippen LogP contribution in [-0.4, -0.2) is 22.2 Å². The second-order valence-electron chi connectivity index (χ2n) is 9.69. The lowest BCUT2D eigenvalue weighted by molar-refractivity contribution is -0.137. The third-order valence-corrected chi connectivity index (χ3v) is 6.73. The molecule has 0 aliphatic rings. The van der Waals surface area contributed by atoms with Crippen molar-refractivity contribution in [2.75, 3.05) is 4.90 Å². The molecule has 0 heterocycles. The Morgan fingerprint density at radius 3 is 1.24 bits per heavy atom. The molecule has 5 aromatic rings. The molecule has 0 saturated carbocycles. The van der Waals surface area contributed by atoms with Gasteiger partial charge < -0.3 is 15.1 Å². The largest absolute Gasteiger partial charge is 0.481 e. The Hall–Kier alpha value is -5.42. The zero-order valence-corrected chi connectivity index (χ0v) is 22.4. The maximum Gasteiger partial charge on any atom is 0.307 e. The molecular weight excluding hydrogens is 510 g/mol. The molecule has 0 unspecified atom stereocenters. The fourth-order valence-electron chi connectivity index (χ4n) is 4.78. The van der Waals surface area contributed by atoms with Gasteiger partial charge in [0.1, 0.15) is 0 Å². The lowest BCUT2D eigenvalue weighted by Gasteiger charge is -2.26. The lowest BCUT2D eigenvalue weighted by Crippen LogP contribution is -2.10. The first-order chi connectivity index (χ1) is 20.0. The number of carboxylic acids is 2. The highest BCUT2D eigenvalue weighted by Gasteiger charge is 2.14. The van der Waals surface area contributed by atoms with E-state index in [2.05, 4.69) is 59.5 Å². The van der Waals surface area contributed by atoms with Crippen molar-refractivity contribution in [2.45, 2.75) is 12.8 Å². The Morgan fingerprint density at radius 1 is 0.512 bits per heavy atom. The third-order valence-electron chi connectivity index (χ3n) is 6.73. The number of hydrogen-bond donors (Lipinski definition) is 2. The summed E-state index contributed by atoms with van der Waals surface area (Å²) < 4.78 is 0. The minimum atomic E-state index is -0.877. The molecule has 5 aromatic carbocycles. The van der Waals surface area contributed by atoms with Crippen LogP contribution in [-0.2, 0) is 22.4 Å². The topological polar surface area (TPSA) is 77.8 Å². The Balaban J connectivity index is 1.52. The van der Waals surface area contributed by atoms with E-state index in [-0.39, 0.29) is 12.8 Å². The lowest BCUT2D eigenvalue weighted by atomic mass is 9.95. The quantitative estimate of drug-likeness (QED) is 0.176. The van der Waals surface area contributed by atoms with E-state index in [0.717, 1.165) is 39.3 Å². The van der Waals surface area contributed by atoms with E-state index in [4.69, 9.17) is 10.2 Å². The molecule has 0 amide bonds. The second kappa shape index (κ2) is 12.6. The van der Waals surface area contributed by atoms with Gasteiger partial charge in [0.2, 0.25) is 0 Å². The first-order valence-electron chi connectivity index (χ1n) is 13.3. The first kappa shape index (κ1) is 27.2. The zero-order valence-electron chi connectivity index (χ0n) is 22.4. The number of benzene rings is 5. The molecule has 5 rings (SSSR count). The average Bonchev–Trinajstić information content (AvgIpc) is 2.99. The predicted molar refractivity (Wildman–Crippen MR) is 164 cm³/mol. The summed E-state index contributed by atoms with van der Waals surface area (Å²) >= 11 is 0. The van der Waals surface area contributed by atoms with Gasteiger partial charge >= 0.3 is 11.9 Å². The minimum Gasteiger partial charge on any atom is -0.481 e. The van der Waals surface area contributed by atoms with Gasteiger partial charge in [0.05, 0.1) is 12.8 Å². The van der Waals surface area contributed by atoms with E-state index in [0.29, 0.717) is 11.1 Å². The van der Waals surface area contributed by atoms with E-state index in [1.807, 2.05) is 84.9 Å². The monoisotopic (exact) mass is 539 g/mol. The van der Waals surface area contributed by atoms with E-state index in [1.165, 1.54) is 0 Å². The molecular formula is C36H29NO4. The van der Waals surface area contributed by atoms with Crippen molar-refractivity contribution in [1.82, 2.24) is 0 Å². The first-order valence-corrected chi connectivity index (χ1v) is 13.3. The Bertz CT molecular complexity index is 1540. The summed E-state index contributed by atoms with van der Waals surface area (Å²) in [5.41, 5.74) is 8.51. The normalized spacial score (nSPS) is 10.5. The van der Waals surface area contributed by atoms with Crippen LogP contribution < -0.4 is 4.90 Å². The predicted octanol–water partition coefficient (Wildman–Crippen LogP) is 8.00. The summed E-state index contributed by atoms with van der Waals surface area (Å²) in [6.45, 7) is 0. The maximum absolute atomic E-state index is 11.2. The van der Waals surface area contributed by atoms with E-state index in [9.17, 15) is 9.59 Å². The van der Waals surface area contributed by atoms with Crippen molar-refractivity contribution in [3.8, 4) is 0 Å². The molecule has 0 aliphatic heterocycles.